The van der Waals surface area contributed by atoms with Gasteiger partial charge in [0.1, 0.15) is 10.7 Å². The minimum atomic E-state index is -0.230. The number of carbonyl (C=O) groups is 1. The van der Waals surface area contributed by atoms with E-state index in [9.17, 15) is 9.59 Å². The molecule has 160 valence electrons. The summed E-state index contributed by atoms with van der Waals surface area (Å²) in [7, 11) is 0. The number of aromatic amines is 1. The van der Waals surface area contributed by atoms with Gasteiger partial charge in [-0.15, -0.1) is 32.9 Å². The second-order valence-corrected chi connectivity index (χ2v) is 10.9. The number of thioether (sulfide) groups is 1. The molecule has 1 atom stereocenters. The molecule has 0 spiro atoms. The molecular formula is C21H20N4O3S3. The number of aromatic nitrogens is 4. The normalized spacial score (nSPS) is 16.0. The third-order valence-corrected chi connectivity index (χ3v) is 8.79. The molecule has 1 aliphatic carbocycles. The number of hydrogen-bond acceptors (Lipinski definition) is 9. The highest BCUT2D eigenvalue weighted by Gasteiger charge is 2.21. The van der Waals surface area contributed by atoms with Crippen molar-refractivity contribution in [2.45, 2.75) is 51.0 Å². The fraction of sp³-hybridized carbons (Fsp3) is 0.381. The maximum atomic E-state index is 12.5. The van der Waals surface area contributed by atoms with Gasteiger partial charge in [0.25, 0.3) is 16.7 Å². The van der Waals surface area contributed by atoms with Gasteiger partial charge in [0, 0.05) is 4.88 Å². The van der Waals surface area contributed by atoms with E-state index in [-0.39, 0.29) is 11.3 Å². The van der Waals surface area contributed by atoms with Gasteiger partial charge in [-0.05, 0) is 56.2 Å². The second-order valence-electron chi connectivity index (χ2n) is 7.87. The fourth-order valence-corrected chi connectivity index (χ4v) is 6.76. The molecular weight excluding hydrogens is 452 g/mol. The van der Waals surface area contributed by atoms with Gasteiger partial charge in [0.05, 0.1) is 20.9 Å². The van der Waals surface area contributed by atoms with E-state index in [1.807, 2.05) is 0 Å². The number of fused-ring (bicyclic) bond motifs is 2. The molecule has 4 heterocycles. The highest BCUT2D eigenvalue weighted by atomic mass is 32.2. The van der Waals surface area contributed by atoms with E-state index in [0.29, 0.717) is 43.3 Å². The smallest absolute Gasteiger partial charge is 0.277 e. The lowest BCUT2D eigenvalue weighted by Gasteiger charge is -2.16. The van der Waals surface area contributed by atoms with Gasteiger partial charge < -0.3 is 9.40 Å². The van der Waals surface area contributed by atoms with Crippen LogP contribution < -0.4 is 5.56 Å². The molecule has 31 heavy (non-hydrogen) atoms. The molecule has 0 amide bonds. The van der Waals surface area contributed by atoms with Crippen LogP contribution in [0.3, 0.4) is 0 Å². The van der Waals surface area contributed by atoms with Crippen LogP contribution in [-0.4, -0.2) is 25.9 Å². The minimum Gasteiger partial charge on any atom is -0.410 e. The molecule has 0 aliphatic heterocycles. The molecule has 1 aliphatic rings. The number of ketones is 1. The Morgan fingerprint density at radius 1 is 1.35 bits per heavy atom. The summed E-state index contributed by atoms with van der Waals surface area (Å²) in [6.07, 6.45) is 3.45. The molecule has 10 heteroatoms. The van der Waals surface area contributed by atoms with Crippen molar-refractivity contribution in [2.24, 2.45) is 5.92 Å². The molecule has 4 aromatic rings. The van der Waals surface area contributed by atoms with Crippen molar-refractivity contribution in [3.05, 3.63) is 43.1 Å². The number of Topliss-reactive ketones (excluding diaryl/α,β-unsaturated/α-hetero) is 1. The maximum Gasteiger partial charge on any atom is 0.277 e. The largest absolute Gasteiger partial charge is 0.410 e. The number of H-pyrrole nitrogens is 1. The predicted octanol–water partition coefficient (Wildman–Crippen LogP) is 5.02. The number of hydrogen-bond donors (Lipinski definition) is 1. The van der Waals surface area contributed by atoms with Crippen LogP contribution in [0.1, 0.15) is 51.8 Å². The van der Waals surface area contributed by atoms with Crippen molar-refractivity contribution in [3.63, 3.8) is 0 Å². The lowest BCUT2D eigenvalue weighted by molar-refractivity contribution is 0.102. The van der Waals surface area contributed by atoms with Gasteiger partial charge in [0.15, 0.2) is 5.78 Å². The van der Waals surface area contributed by atoms with E-state index in [1.54, 1.807) is 18.3 Å². The van der Waals surface area contributed by atoms with Crippen LogP contribution in [0.15, 0.2) is 20.5 Å². The van der Waals surface area contributed by atoms with E-state index in [0.717, 1.165) is 23.6 Å². The predicted molar refractivity (Wildman–Crippen MR) is 123 cm³/mol. The van der Waals surface area contributed by atoms with Gasteiger partial charge in [0.2, 0.25) is 0 Å². The standard InChI is InChI=1S/C21H20N4O3S3/c1-9-4-5-13-12(6-9)7-14(30-13)19-24-25-21(28-19)29-8-15-22-18(27)16-10(2)17(11(3)26)31-20(16)23-15/h7,9H,4-6,8H2,1-3H3,(H,22,23,27)/t9-/m1/s1. The van der Waals surface area contributed by atoms with E-state index in [2.05, 4.69) is 33.2 Å². The second kappa shape index (κ2) is 7.99. The molecule has 5 rings (SSSR count). The van der Waals surface area contributed by atoms with Crippen LogP contribution in [0.2, 0.25) is 0 Å². The third kappa shape index (κ3) is 3.88. The Kier molecular flexibility index (Phi) is 5.31. The van der Waals surface area contributed by atoms with Crippen molar-refractivity contribution in [3.8, 4) is 10.8 Å². The van der Waals surface area contributed by atoms with E-state index >= 15 is 0 Å². The van der Waals surface area contributed by atoms with Crippen molar-refractivity contribution in [1.82, 2.24) is 20.2 Å². The van der Waals surface area contributed by atoms with Gasteiger partial charge >= 0.3 is 0 Å². The summed E-state index contributed by atoms with van der Waals surface area (Å²) in [5.41, 5.74) is 1.86. The first kappa shape index (κ1) is 20.6. The molecule has 0 radical (unpaired) electrons. The zero-order valence-corrected chi connectivity index (χ0v) is 19.7. The number of carbonyl (C=O) groups excluding carboxylic acids is 1. The molecule has 4 aromatic heterocycles. The number of rotatable bonds is 5. The summed E-state index contributed by atoms with van der Waals surface area (Å²) in [5.74, 6) is 2.09. The molecule has 0 aromatic carbocycles. The SMILES string of the molecule is CC(=O)c1sc2nc(CSc3nnc(-c4cc5c(s4)CC[C@@H](C)C5)o3)[nH]c(=O)c2c1C. The number of thiophene rings is 2. The summed E-state index contributed by atoms with van der Waals surface area (Å²) in [4.78, 5) is 35.2. The van der Waals surface area contributed by atoms with Crippen LogP contribution in [0.4, 0.5) is 0 Å². The molecule has 0 unspecified atom stereocenters. The van der Waals surface area contributed by atoms with Crippen LogP contribution in [-0.2, 0) is 18.6 Å². The first-order chi connectivity index (χ1) is 14.9. The van der Waals surface area contributed by atoms with Crippen molar-refractivity contribution in [1.29, 1.82) is 0 Å². The van der Waals surface area contributed by atoms with Crippen LogP contribution in [0.5, 0.6) is 0 Å². The summed E-state index contributed by atoms with van der Waals surface area (Å²) in [6, 6.07) is 2.18. The Hall–Kier alpha value is -2.30. The molecule has 1 N–H and O–H groups in total. The fourth-order valence-electron chi connectivity index (χ4n) is 3.90. The Balaban J connectivity index is 1.34. The Morgan fingerprint density at radius 2 is 2.19 bits per heavy atom. The van der Waals surface area contributed by atoms with Crippen molar-refractivity contribution < 1.29 is 9.21 Å². The zero-order chi connectivity index (χ0) is 21.7. The Labute approximate surface area is 190 Å². The summed E-state index contributed by atoms with van der Waals surface area (Å²) < 4.78 is 5.86. The van der Waals surface area contributed by atoms with Gasteiger partial charge in [-0.2, -0.15) is 0 Å². The van der Waals surface area contributed by atoms with Crippen LogP contribution >= 0.6 is 34.4 Å². The number of nitrogens with zero attached hydrogens (tertiary/aromatic N) is 3. The molecule has 0 saturated carbocycles. The third-order valence-electron chi connectivity index (χ3n) is 5.45. The highest BCUT2D eigenvalue weighted by molar-refractivity contribution is 7.98. The van der Waals surface area contributed by atoms with Crippen molar-refractivity contribution >= 4 is 50.4 Å². The van der Waals surface area contributed by atoms with E-state index in [1.165, 1.54) is 46.9 Å². The average molecular weight is 473 g/mol. The number of nitrogens with one attached hydrogen (secondary N) is 1. The molecule has 0 fully saturated rings. The Morgan fingerprint density at radius 3 is 3.00 bits per heavy atom. The van der Waals surface area contributed by atoms with Crippen LogP contribution in [0.25, 0.3) is 21.0 Å². The zero-order valence-electron chi connectivity index (χ0n) is 17.3. The monoisotopic (exact) mass is 472 g/mol. The Bertz CT molecular complexity index is 1360. The molecule has 0 bridgehead atoms. The lowest BCUT2D eigenvalue weighted by atomic mass is 9.90. The van der Waals surface area contributed by atoms with E-state index < -0.39 is 0 Å². The topological polar surface area (TPSA) is 102 Å². The first-order valence-corrected chi connectivity index (χ1v) is 12.6. The van der Waals surface area contributed by atoms with E-state index in [4.69, 9.17) is 4.42 Å². The van der Waals surface area contributed by atoms with Gasteiger partial charge in [-0.1, -0.05) is 18.7 Å². The summed E-state index contributed by atoms with van der Waals surface area (Å²) >= 11 is 4.32. The molecule has 0 saturated heterocycles. The van der Waals surface area contributed by atoms with Crippen LogP contribution in [0, 0.1) is 12.8 Å². The maximum absolute atomic E-state index is 12.5. The summed E-state index contributed by atoms with van der Waals surface area (Å²) in [5, 5.41) is 9.27. The van der Waals surface area contributed by atoms with Gasteiger partial charge in [-0.25, -0.2) is 4.98 Å². The average Bonchev–Trinajstić information content (AvgIpc) is 3.43. The summed E-state index contributed by atoms with van der Waals surface area (Å²) in [6.45, 7) is 5.57. The first-order valence-electron chi connectivity index (χ1n) is 10.0. The molecule has 7 nitrogen and oxygen atoms in total. The number of aryl methyl sites for hydroxylation is 2. The highest BCUT2D eigenvalue weighted by Crippen LogP contribution is 2.37. The lowest BCUT2D eigenvalue weighted by Crippen LogP contribution is -2.11. The van der Waals surface area contributed by atoms with Gasteiger partial charge in [-0.3, -0.25) is 9.59 Å². The minimum absolute atomic E-state index is 0.0565. The quantitative estimate of drug-likeness (QED) is 0.321. The van der Waals surface area contributed by atoms with Crippen molar-refractivity contribution in [2.75, 3.05) is 0 Å².